The van der Waals surface area contributed by atoms with E-state index in [2.05, 4.69) is 10.6 Å². The summed E-state index contributed by atoms with van der Waals surface area (Å²) in [5.74, 6) is -0.155. The summed E-state index contributed by atoms with van der Waals surface area (Å²) in [5.41, 5.74) is 1.04. The number of halogens is 1. The zero-order valence-electron chi connectivity index (χ0n) is 9.67. The summed E-state index contributed by atoms with van der Waals surface area (Å²) in [6, 6.07) is 7.68. The van der Waals surface area contributed by atoms with Crippen molar-refractivity contribution in [1.82, 2.24) is 10.6 Å². The van der Waals surface area contributed by atoms with Crippen LogP contribution in [0.4, 0.5) is 4.39 Å². The predicted octanol–water partition coefficient (Wildman–Crippen LogP) is 2.23. The van der Waals surface area contributed by atoms with Crippen molar-refractivity contribution in [3.8, 4) is 0 Å². The lowest BCUT2D eigenvalue weighted by Crippen LogP contribution is -2.28. The maximum Gasteiger partial charge on any atom is 0.123 e. The van der Waals surface area contributed by atoms with Crippen molar-refractivity contribution in [3.05, 3.63) is 35.6 Å². The van der Waals surface area contributed by atoms with E-state index in [1.54, 1.807) is 12.1 Å². The van der Waals surface area contributed by atoms with Crippen LogP contribution in [-0.2, 0) is 0 Å². The van der Waals surface area contributed by atoms with Gasteiger partial charge in [0.25, 0.3) is 0 Å². The monoisotopic (exact) mass is 222 g/mol. The van der Waals surface area contributed by atoms with Gasteiger partial charge in [-0.05, 0) is 50.6 Å². The van der Waals surface area contributed by atoms with Crippen LogP contribution in [0.25, 0.3) is 0 Å². The van der Waals surface area contributed by atoms with Crippen molar-refractivity contribution < 1.29 is 4.39 Å². The fourth-order valence-corrected chi connectivity index (χ4v) is 2.39. The van der Waals surface area contributed by atoms with Gasteiger partial charge in [-0.1, -0.05) is 12.1 Å². The maximum absolute atomic E-state index is 13.1. The van der Waals surface area contributed by atoms with Crippen LogP contribution in [0.5, 0.6) is 0 Å². The molecular weight excluding hydrogens is 203 g/mol. The van der Waals surface area contributed by atoms with Gasteiger partial charge in [-0.15, -0.1) is 0 Å². The zero-order valence-corrected chi connectivity index (χ0v) is 9.67. The molecule has 0 amide bonds. The summed E-state index contributed by atoms with van der Waals surface area (Å²) in [5, 5.41) is 6.74. The Bertz CT molecular complexity index is 334. The van der Waals surface area contributed by atoms with Gasteiger partial charge in [-0.3, -0.25) is 0 Å². The van der Waals surface area contributed by atoms with Gasteiger partial charge >= 0.3 is 0 Å². The van der Waals surface area contributed by atoms with E-state index >= 15 is 0 Å². The lowest BCUT2D eigenvalue weighted by atomic mass is 9.98. The minimum atomic E-state index is -0.155. The third-order valence-electron chi connectivity index (χ3n) is 3.28. The highest BCUT2D eigenvalue weighted by Crippen LogP contribution is 2.22. The zero-order chi connectivity index (χ0) is 11.4. The first kappa shape index (κ1) is 11.6. The fraction of sp³-hybridized carbons (Fsp3) is 0.538. The van der Waals surface area contributed by atoms with Gasteiger partial charge < -0.3 is 10.6 Å². The Kier molecular flexibility index (Phi) is 3.91. The molecule has 88 valence electrons. The molecule has 1 aliphatic rings. The lowest BCUT2D eigenvalue weighted by Gasteiger charge is -2.20. The standard InChI is InChI=1S/C13H19FN2/c1-15-13(9-12-6-3-7-16-12)10-4-2-5-11(14)8-10/h2,4-5,8,12-13,15-16H,3,6-7,9H2,1H3. The number of hydrogen-bond acceptors (Lipinski definition) is 2. The third-order valence-corrected chi connectivity index (χ3v) is 3.28. The van der Waals surface area contributed by atoms with Crippen molar-refractivity contribution in [2.75, 3.05) is 13.6 Å². The highest BCUT2D eigenvalue weighted by molar-refractivity contribution is 5.20. The van der Waals surface area contributed by atoms with E-state index in [1.807, 2.05) is 13.1 Å². The van der Waals surface area contributed by atoms with Gasteiger partial charge in [-0.2, -0.15) is 0 Å². The van der Waals surface area contributed by atoms with Gasteiger partial charge in [-0.25, -0.2) is 4.39 Å². The second-order valence-electron chi connectivity index (χ2n) is 4.43. The van der Waals surface area contributed by atoms with E-state index in [1.165, 1.54) is 18.9 Å². The Balaban J connectivity index is 2.03. The van der Waals surface area contributed by atoms with Crippen LogP contribution >= 0.6 is 0 Å². The molecule has 1 aromatic carbocycles. The van der Waals surface area contributed by atoms with Gasteiger partial charge in [0, 0.05) is 12.1 Å². The molecule has 3 heteroatoms. The lowest BCUT2D eigenvalue weighted by molar-refractivity contribution is 0.452. The molecule has 2 unspecified atom stereocenters. The number of rotatable bonds is 4. The van der Waals surface area contributed by atoms with E-state index in [-0.39, 0.29) is 11.9 Å². The summed E-state index contributed by atoms with van der Waals surface area (Å²) >= 11 is 0. The molecule has 0 saturated carbocycles. The van der Waals surface area contributed by atoms with Crippen LogP contribution in [0.3, 0.4) is 0 Å². The molecule has 0 aromatic heterocycles. The molecule has 0 aliphatic carbocycles. The Labute approximate surface area is 96.2 Å². The van der Waals surface area contributed by atoms with E-state index < -0.39 is 0 Å². The predicted molar refractivity (Wildman–Crippen MR) is 63.8 cm³/mol. The highest BCUT2D eigenvalue weighted by atomic mass is 19.1. The van der Waals surface area contributed by atoms with Crippen LogP contribution in [0, 0.1) is 5.82 Å². The quantitative estimate of drug-likeness (QED) is 0.816. The summed E-state index contributed by atoms with van der Waals surface area (Å²) in [6.45, 7) is 1.12. The van der Waals surface area contributed by atoms with Gasteiger partial charge in [0.1, 0.15) is 5.82 Å². The molecular formula is C13H19FN2. The van der Waals surface area contributed by atoms with Crippen molar-refractivity contribution >= 4 is 0 Å². The van der Waals surface area contributed by atoms with E-state index in [0.29, 0.717) is 6.04 Å². The summed E-state index contributed by atoms with van der Waals surface area (Å²) < 4.78 is 13.1. The van der Waals surface area contributed by atoms with E-state index in [9.17, 15) is 4.39 Å². The first-order valence-electron chi connectivity index (χ1n) is 5.95. The highest BCUT2D eigenvalue weighted by Gasteiger charge is 2.19. The first-order chi connectivity index (χ1) is 7.79. The minimum Gasteiger partial charge on any atom is -0.314 e. The molecule has 0 radical (unpaired) electrons. The molecule has 0 spiro atoms. The van der Waals surface area contributed by atoms with Crippen LogP contribution in [-0.4, -0.2) is 19.6 Å². The molecule has 1 heterocycles. The second-order valence-corrected chi connectivity index (χ2v) is 4.43. The Morgan fingerprint density at radius 3 is 3.06 bits per heavy atom. The average Bonchev–Trinajstić information content (AvgIpc) is 2.78. The van der Waals surface area contributed by atoms with Crippen LogP contribution in [0.1, 0.15) is 30.9 Å². The summed E-state index contributed by atoms with van der Waals surface area (Å²) in [6.07, 6.45) is 3.51. The van der Waals surface area contributed by atoms with Gasteiger partial charge in [0.05, 0.1) is 0 Å². The topological polar surface area (TPSA) is 24.1 Å². The maximum atomic E-state index is 13.1. The van der Waals surface area contributed by atoms with Crippen molar-refractivity contribution in [2.24, 2.45) is 0 Å². The van der Waals surface area contributed by atoms with Gasteiger partial charge in [0.15, 0.2) is 0 Å². The summed E-state index contributed by atoms with van der Waals surface area (Å²) in [7, 11) is 1.94. The van der Waals surface area contributed by atoms with Crippen molar-refractivity contribution in [1.29, 1.82) is 0 Å². The number of benzene rings is 1. The number of nitrogens with one attached hydrogen (secondary N) is 2. The van der Waals surface area contributed by atoms with Gasteiger partial charge in [0.2, 0.25) is 0 Å². The largest absolute Gasteiger partial charge is 0.314 e. The van der Waals surface area contributed by atoms with E-state index in [4.69, 9.17) is 0 Å². The first-order valence-corrected chi connectivity index (χ1v) is 5.95. The Hall–Kier alpha value is -0.930. The van der Waals surface area contributed by atoms with Crippen molar-refractivity contribution in [2.45, 2.75) is 31.3 Å². The molecule has 2 nitrogen and oxygen atoms in total. The smallest absolute Gasteiger partial charge is 0.123 e. The normalized spacial score (nSPS) is 22.2. The molecule has 1 fully saturated rings. The van der Waals surface area contributed by atoms with Crippen LogP contribution < -0.4 is 10.6 Å². The fourth-order valence-electron chi connectivity index (χ4n) is 2.39. The minimum absolute atomic E-state index is 0.155. The van der Waals surface area contributed by atoms with Crippen LogP contribution in [0.2, 0.25) is 0 Å². The van der Waals surface area contributed by atoms with E-state index in [0.717, 1.165) is 18.5 Å². The molecule has 1 aromatic rings. The molecule has 1 aliphatic heterocycles. The molecule has 16 heavy (non-hydrogen) atoms. The molecule has 1 saturated heterocycles. The number of hydrogen-bond donors (Lipinski definition) is 2. The molecule has 2 rings (SSSR count). The van der Waals surface area contributed by atoms with Crippen LogP contribution in [0.15, 0.2) is 24.3 Å². The SMILES string of the molecule is CNC(CC1CCCN1)c1cccc(F)c1. The van der Waals surface area contributed by atoms with Crippen molar-refractivity contribution in [3.63, 3.8) is 0 Å². The molecule has 2 atom stereocenters. The third kappa shape index (κ3) is 2.80. The Morgan fingerprint density at radius 1 is 1.56 bits per heavy atom. The molecule has 0 bridgehead atoms. The second kappa shape index (κ2) is 5.41. The average molecular weight is 222 g/mol. The Morgan fingerprint density at radius 2 is 2.44 bits per heavy atom. The summed E-state index contributed by atoms with van der Waals surface area (Å²) in [4.78, 5) is 0. The molecule has 2 N–H and O–H groups in total.